The van der Waals surface area contributed by atoms with Crippen LogP contribution in [0.2, 0.25) is 0 Å². The van der Waals surface area contributed by atoms with Crippen molar-refractivity contribution in [2.45, 2.75) is 117 Å². The van der Waals surface area contributed by atoms with E-state index in [9.17, 15) is 19.8 Å². The molecule has 2 atom stereocenters. The van der Waals surface area contributed by atoms with Crippen molar-refractivity contribution in [3.8, 4) is 0 Å². The van der Waals surface area contributed by atoms with Gasteiger partial charge < -0.3 is 20.8 Å². The van der Waals surface area contributed by atoms with Crippen LogP contribution in [0.15, 0.2) is 0 Å². The Labute approximate surface area is 177 Å². The van der Waals surface area contributed by atoms with Crippen LogP contribution >= 0.6 is 0 Å². The van der Waals surface area contributed by atoms with Crippen molar-refractivity contribution in [3.63, 3.8) is 0 Å². The molecule has 0 heterocycles. The maximum Gasteiger partial charge on any atom is 0.236 e. The molecule has 6 heteroatoms. The summed E-state index contributed by atoms with van der Waals surface area (Å²) in [6, 6.07) is -0.834. The molecule has 0 aromatic rings. The monoisotopic (exact) mass is 412 g/mol. The van der Waals surface area contributed by atoms with E-state index in [0.29, 0.717) is 38.5 Å². The third kappa shape index (κ3) is 5.32. The summed E-state index contributed by atoms with van der Waals surface area (Å²) in [7, 11) is 0. The highest BCUT2D eigenvalue weighted by atomic mass is 16.3. The van der Waals surface area contributed by atoms with Crippen LogP contribution in [0.25, 0.3) is 0 Å². The topological polar surface area (TPSA) is 98.7 Å². The minimum Gasteiger partial charge on any atom is -0.388 e. The average molecular weight is 413 g/mol. The first-order valence-electron chi connectivity index (χ1n) is 11.4. The normalized spacial score (nSPS) is 18.5. The standard InChI is InChI=1S/C23H44N2O4/c1-9-22(28,10-2)17(15(5)6)24-19(26)21(13-14-21)20(27)25-18(16(7)8)23(29,11-3)12-4/h15-18,28-29H,9-14H2,1-8H3,(H,24,26)(H,25,27)/t17-,18-/m1/s1. The Morgan fingerprint density at radius 1 is 0.759 bits per heavy atom. The zero-order chi connectivity index (χ0) is 22.6. The van der Waals surface area contributed by atoms with Gasteiger partial charge in [-0.1, -0.05) is 55.4 Å². The first kappa shape index (κ1) is 25.9. The molecule has 0 radical (unpaired) electrons. The third-order valence-electron chi connectivity index (χ3n) is 7.13. The molecule has 1 rings (SSSR count). The molecule has 0 spiro atoms. The van der Waals surface area contributed by atoms with E-state index in [0.717, 1.165) is 0 Å². The predicted molar refractivity (Wildman–Crippen MR) is 116 cm³/mol. The molecular weight excluding hydrogens is 368 g/mol. The van der Waals surface area contributed by atoms with E-state index in [2.05, 4.69) is 10.6 Å². The van der Waals surface area contributed by atoms with Crippen LogP contribution in [0.4, 0.5) is 0 Å². The fourth-order valence-electron chi connectivity index (χ4n) is 4.46. The molecule has 0 aromatic carbocycles. The van der Waals surface area contributed by atoms with Crippen LogP contribution in [0.1, 0.15) is 93.9 Å². The summed E-state index contributed by atoms with van der Waals surface area (Å²) in [5.41, 5.74) is -3.09. The van der Waals surface area contributed by atoms with Gasteiger partial charge in [0, 0.05) is 0 Å². The van der Waals surface area contributed by atoms with Crippen LogP contribution in [-0.4, -0.2) is 45.3 Å². The smallest absolute Gasteiger partial charge is 0.236 e. The van der Waals surface area contributed by atoms with E-state index in [1.165, 1.54) is 0 Å². The Morgan fingerprint density at radius 3 is 1.21 bits per heavy atom. The van der Waals surface area contributed by atoms with E-state index < -0.39 is 28.7 Å². The zero-order valence-electron chi connectivity index (χ0n) is 19.8. The Hall–Kier alpha value is -1.14. The second kappa shape index (κ2) is 9.78. The molecule has 170 valence electrons. The average Bonchev–Trinajstić information content (AvgIpc) is 3.50. The fraction of sp³-hybridized carbons (Fsp3) is 0.913. The van der Waals surface area contributed by atoms with Gasteiger partial charge in [-0.25, -0.2) is 0 Å². The van der Waals surface area contributed by atoms with Gasteiger partial charge in [0.2, 0.25) is 11.8 Å². The van der Waals surface area contributed by atoms with Crippen molar-refractivity contribution in [2.75, 3.05) is 0 Å². The molecule has 0 aliphatic heterocycles. The van der Waals surface area contributed by atoms with Gasteiger partial charge in [0.15, 0.2) is 0 Å². The van der Waals surface area contributed by atoms with Crippen LogP contribution in [0.5, 0.6) is 0 Å². The number of carbonyl (C=O) groups excluding carboxylic acids is 2. The quantitative estimate of drug-likeness (QED) is 0.370. The number of carbonyl (C=O) groups is 2. The lowest BCUT2D eigenvalue weighted by molar-refractivity contribution is -0.142. The Balaban J connectivity index is 3.03. The Kier molecular flexibility index (Phi) is 8.73. The molecule has 4 N–H and O–H groups in total. The van der Waals surface area contributed by atoms with Crippen LogP contribution in [0, 0.1) is 17.3 Å². The number of amides is 2. The Bertz CT molecular complexity index is 515. The Morgan fingerprint density at radius 2 is 1.03 bits per heavy atom. The van der Waals surface area contributed by atoms with Gasteiger partial charge >= 0.3 is 0 Å². The molecule has 0 aromatic heterocycles. The van der Waals surface area contributed by atoms with Gasteiger partial charge in [0.25, 0.3) is 0 Å². The van der Waals surface area contributed by atoms with Crippen molar-refractivity contribution in [2.24, 2.45) is 17.3 Å². The molecule has 2 amide bonds. The molecular formula is C23H44N2O4. The SMILES string of the molecule is CCC(O)(CC)[C@H](NC(=O)C1(C(=O)N[C@H](C(C)C)C(O)(CC)CC)CC1)C(C)C. The summed E-state index contributed by atoms with van der Waals surface area (Å²) in [6.45, 7) is 15.5. The van der Waals surface area contributed by atoms with E-state index in [4.69, 9.17) is 0 Å². The fourth-order valence-corrected chi connectivity index (χ4v) is 4.46. The van der Waals surface area contributed by atoms with Crippen molar-refractivity contribution < 1.29 is 19.8 Å². The minimum absolute atomic E-state index is 0.0383. The van der Waals surface area contributed by atoms with Crippen molar-refractivity contribution in [1.82, 2.24) is 10.6 Å². The summed E-state index contributed by atoms with van der Waals surface area (Å²) in [5.74, 6) is -0.547. The molecule has 1 aliphatic carbocycles. The molecule has 1 aliphatic rings. The van der Waals surface area contributed by atoms with Crippen LogP contribution < -0.4 is 10.6 Å². The van der Waals surface area contributed by atoms with E-state index in [1.807, 2.05) is 55.4 Å². The van der Waals surface area contributed by atoms with Gasteiger partial charge in [-0.2, -0.15) is 0 Å². The van der Waals surface area contributed by atoms with Crippen molar-refractivity contribution in [3.05, 3.63) is 0 Å². The summed E-state index contributed by atoms with van der Waals surface area (Å²) < 4.78 is 0. The van der Waals surface area contributed by atoms with E-state index >= 15 is 0 Å². The number of hydrogen-bond donors (Lipinski definition) is 4. The molecule has 0 bridgehead atoms. The second-order valence-corrected chi connectivity index (χ2v) is 9.59. The first-order valence-corrected chi connectivity index (χ1v) is 11.4. The van der Waals surface area contributed by atoms with Gasteiger partial charge in [-0.15, -0.1) is 0 Å². The molecule has 1 fully saturated rings. The lowest BCUT2D eigenvalue weighted by atomic mass is 9.81. The maximum atomic E-state index is 13.2. The van der Waals surface area contributed by atoms with E-state index in [-0.39, 0.29) is 23.7 Å². The van der Waals surface area contributed by atoms with Gasteiger partial charge in [0.1, 0.15) is 5.41 Å². The summed E-state index contributed by atoms with van der Waals surface area (Å²) in [6.07, 6.45) is 3.10. The molecule has 1 saturated carbocycles. The highest BCUT2D eigenvalue weighted by Crippen LogP contribution is 2.47. The van der Waals surface area contributed by atoms with Crippen LogP contribution in [-0.2, 0) is 9.59 Å². The molecule has 0 unspecified atom stereocenters. The van der Waals surface area contributed by atoms with Crippen molar-refractivity contribution in [1.29, 1.82) is 0 Å². The van der Waals surface area contributed by atoms with Gasteiger partial charge in [-0.3, -0.25) is 9.59 Å². The molecule has 6 nitrogen and oxygen atoms in total. The van der Waals surface area contributed by atoms with Gasteiger partial charge in [0.05, 0.1) is 23.3 Å². The summed E-state index contributed by atoms with van der Waals surface area (Å²) >= 11 is 0. The first-order chi connectivity index (χ1) is 13.4. The van der Waals surface area contributed by atoms with Crippen molar-refractivity contribution >= 4 is 11.8 Å². The lowest BCUT2D eigenvalue weighted by Gasteiger charge is -2.40. The molecule has 0 saturated heterocycles. The lowest BCUT2D eigenvalue weighted by Crippen LogP contribution is -2.60. The van der Waals surface area contributed by atoms with E-state index in [1.54, 1.807) is 0 Å². The number of rotatable bonds is 12. The number of aliphatic hydroxyl groups is 2. The highest BCUT2D eigenvalue weighted by molar-refractivity contribution is 6.08. The van der Waals surface area contributed by atoms with Crippen LogP contribution in [0.3, 0.4) is 0 Å². The predicted octanol–water partition coefficient (Wildman–Crippen LogP) is 3.15. The van der Waals surface area contributed by atoms with Gasteiger partial charge in [-0.05, 0) is 50.4 Å². The highest BCUT2D eigenvalue weighted by Gasteiger charge is 2.58. The minimum atomic E-state index is -1.09. The third-order valence-corrected chi connectivity index (χ3v) is 7.13. The molecule has 29 heavy (non-hydrogen) atoms. The zero-order valence-corrected chi connectivity index (χ0v) is 19.8. The number of hydrogen-bond acceptors (Lipinski definition) is 4. The summed E-state index contributed by atoms with van der Waals surface area (Å²) in [4.78, 5) is 26.3. The maximum absolute atomic E-state index is 13.2. The largest absolute Gasteiger partial charge is 0.388 e. The summed E-state index contributed by atoms with van der Waals surface area (Å²) in [5, 5.41) is 27.9. The second-order valence-electron chi connectivity index (χ2n) is 9.59. The number of nitrogens with one attached hydrogen (secondary N) is 2.